The Balaban J connectivity index is 1.15. The molecule has 1 aliphatic carbocycles. The van der Waals surface area contributed by atoms with Gasteiger partial charge in [0.15, 0.2) is 0 Å². The number of nitrogens with one attached hydrogen (secondary N) is 1. The fraction of sp³-hybridized carbons (Fsp3) is 0.391. The number of hydrogen-bond acceptors (Lipinski definition) is 2. The van der Waals surface area contributed by atoms with Gasteiger partial charge in [0.05, 0.1) is 0 Å². The molecule has 0 radical (unpaired) electrons. The zero-order chi connectivity index (χ0) is 19.1. The summed E-state index contributed by atoms with van der Waals surface area (Å²) in [4.78, 5) is 5.76. The van der Waals surface area contributed by atoms with E-state index in [4.69, 9.17) is 4.74 Å². The lowest BCUT2D eigenvalue weighted by Crippen LogP contribution is -2.58. The molecule has 2 aliphatic rings. The minimum absolute atomic E-state index is 0.149. The number of benzene rings is 2. The summed E-state index contributed by atoms with van der Waals surface area (Å²) in [5.41, 5.74) is 2.27. The van der Waals surface area contributed by atoms with Gasteiger partial charge in [-0.15, -0.1) is 0 Å². The summed E-state index contributed by atoms with van der Waals surface area (Å²) in [7, 11) is 0. The van der Waals surface area contributed by atoms with E-state index in [1.807, 2.05) is 6.07 Å². The lowest BCUT2D eigenvalue weighted by atomic mass is 9.80. The topological polar surface area (TPSA) is 28.3 Å². The maximum Gasteiger partial charge on any atom is 0.126 e. The Morgan fingerprint density at radius 1 is 0.929 bits per heavy atom. The van der Waals surface area contributed by atoms with E-state index in [1.165, 1.54) is 23.8 Å². The Labute approximate surface area is 163 Å². The van der Waals surface area contributed by atoms with Crippen molar-refractivity contribution in [1.82, 2.24) is 9.88 Å². The number of nitrogens with zero attached hydrogens (tertiary/aromatic N) is 1. The number of H-pyrrole nitrogens is 1. The molecule has 0 spiro atoms. The molecule has 3 nitrogen and oxygen atoms in total. The second-order valence-corrected chi connectivity index (χ2v) is 8.09. The van der Waals surface area contributed by atoms with Crippen molar-refractivity contribution in [3.05, 3.63) is 65.9 Å². The van der Waals surface area contributed by atoms with Gasteiger partial charge in [-0.25, -0.2) is 8.78 Å². The highest BCUT2D eigenvalue weighted by Gasteiger charge is 2.36. The minimum atomic E-state index is -0.260. The van der Waals surface area contributed by atoms with Crippen molar-refractivity contribution in [3.8, 4) is 5.75 Å². The molecule has 146 valence electrons. The molecule has 3 aromatic rings. The van der Waals surface area contributed by atoms with Crippen LogP contribution in [0.4, 0.5) is 8.78 Å². The van der Waals surface area contributed by atoms with Crippen molar-refractivity contribution < 1.29 is 13.5 Å². The van der Waals surface area contributed by atoms with E-state index in [2.05, 4.69) is 16.1 Å². The van der Waals surface area contributed by atoms with Gasteiger partial charge in [-0.3, -0.25) is 4.90 Å². The first-order valence-electron chi connectivity index (χ1n) is 10.1. The lowest BCUT2D eigenvalue weighted by molar-refractivity contribution is -0.0202. The van der Waals surface area contributed by atoms with Gasteiger partial charge in [-0.05, 0) is 67.5 Å². The molecule has 2 fully saturated rings. The van der Waals surface area contributed by atoms with Crippen molar-refractivity contribution >= 4 is 10.9 Å². The van der Waals surface area contributed by atoms with Crippen molar-refractivity contribution in [2.75, 3.05) is 13.1 Å². The van der Waals surface area contributed by atoms with Crippen LogP contribution in [-0.2, 0) is 0 Å². The Morgan fingerprint density at radius 3 is 2.50 bits per heavy atom. The number of hydrogen-bond donors (Lipinski definition) is 1. The van der Waals surface area contributed by atoms with Gasteiger partial charge in [-0.2, -0.15) is 0 Å². The molecule has 2 heterocycles. The first-order valence-corrected chi connectivity index (χ1v) is 10.1. The third-order valence-corrected chi connectivity index (χ3v) is 6.30. The zero-order valence-electron chi connectivity index (χ0n) is 15.7. The Morgan fingerprint density at radius 2 is 1.71 bits per heavy atom. The van der Waals surface area contributed by atoms with Crippen LogP contribution in [0.3, 0.4) is 0 Å². The van der Waals surface area contributed by atoms with Gasteiger partial charge >= 0.3 is 0 Å². The van der Waals surface area contributed by atoms with Crippen LogP contribution < -0.4 is 4.74 Å². The van der Waals surface area contributed by atoms with E-state index in [0.717, 1.165) is 49.7 Å². The summed E-state index contributed by atoms with van der Waals surface area (Å²) in [5, 5.41) is 1.02. The number of fused-ring (bicyclic) bond motifs is 1. The van der Waals surface area contributed by atoms with Crippen LogP contribution in [0.1, 0.15) is 37.2 Å². The second-order valence-electron chi connectivity index (χ2n) is 8.09. The Kier molecular flexibility index (Phi) is 4.55. The SMILES string of the molecule is Fc1cccc(OC2CN([C@H]3CC[C@@H](c4c[nH]c5ccc(F)cc54)CC3)C2)c1. The molecule has 1 aromatic heterocycles. The first kappa shape index (κ1) is 17.7. The van der Waals surface area contributed by atoms with E-state index in [0.29, 0.717) is 17.7 Å². The van der Waals surface area contributed by atoms with Crippen LogP contribution in [-0.4, -0.2) is 35.1 Å². The molecule has 28 heavy (non-hydrogen) atoms. The predicted octanol–water partition coefficient (Wildman–Crippen LogP) is 5.24. The van der Waals surface area contributed by atoms with Crippen LogP contribution in [0.2, 0.25) is 0 Å². The van der Waals surface area contributed by atoms with Crippen LogP contribution in [0.15, 0.2) is 48.7 Å². The van der Waals surface area contributed by atoms with Gasteiger partial charge in [0.25, 0.3) is 0 Å². The smallest absolute Gasteiger partial charge is 0.126 e. The highest BCUT2D eigenvalue weighted by atomic mass is 19.1. The van der Waals surface area contributed by atoms with Crippen molar-refractivity contribution in [2.45, 2.75) is 43.7 Å². The quantitative estimate of drug-likeness (QED) is 0.669. The Hall–Kier alpha value is -2.40. The zero-order valence-corrected chi connectivity index (χ0v) is 15.7. The summed E-state index contributed by atoms with van der Waals surface area (Å²) >= 11 is 0. The van der Waals surface area contributed by atoms with Crippen LogP contribution in [0.25, 0.3) is 10.9 Å². The number of aromatic nitrogens is 1. The minimum Gasteiger partial charge on any atom is -0.488 e. The maximum absolute atomic E-state index is 13.6. The van der Waals surface area contributed by atoms with Crippen molar-refractivity contribution in [1.29, 1.82) is 0 Å². The summed E-state index contributed by atoms with van der Waals surface area (Å²) in [6.45, 7) is 1.81. The predicted molar refractivity (Wildman–Crippen MR) is 106 cm³/mol. The van der Waals surface area contributed by atoms with E-state index < -0.39 is 0 Å². The summed E-state index contributed by atoms with van der Waals surface area (Å²) in [6, 6.07) is 11.9. The Bertz CT molecular complexity index is 972. The van der Waals surface area contributed by atoms with Crippen molar-refractivity contribution in [2.24, 2.45) is 0 Å². The molecule has 0 atom stereocenters. The first-order chi connectivity index (χ1) is 13.7. The monoisotopic (exact) mass is 382 g/mol. The van der Waals surface area contributed by atoms with E-state index >= 15 is 0 Å². The average Bonchev–Trinajstić information content (AvgIpc) is 3.08. The summed E-state index contributed by atoms with van der Waals surface area (Å²) < 4.78 is 32.8. The molecule has 1 saturated carbocycles. The standard InChI is InChI=1S/C23H24F2N2O/c24-16-2-1-3-19(10-16)28-20-13-27(14-20)18-7-4-15(5-8-18)22-12-26-23-9-6-17(25)11-21(22)23/h1-3,6,9-12,15,18,20,26H,4-5,7-8,13-14H2/t15-,18+. The molecule has 1 N–H and O–H groups in total. The molecular formula is C23H24F2N2O. The summed E-state index contributed by atoms with van der Waals surface area (Å²) in [5.74, 6) is 0.670. The number of aromatic amines is 1. The lowest BCUT2D eigenvalue weighted by Gasteiger charge is -2.46. The fourth-order valence-electron chi connectivity index (χ4n) is 4.78. The van der Waals surface area contributed by atoms with E-state index in [1.54, 1.807) is 18.2 Å². The van der Waals surface area contributed by atoms with Gasteiger partial charge in [0.2, 0.25) is 0 Å². The molecule has 1 saturated heterocycles. The number of likely N-dealkylation sites (tertiary alicyclic amines) is 1. The van der Waals surface area contributed by atoms with Crippen LogP contribution in [0.5, 0.6) is 5.75 Å². The summed E-state index contributed by atoms with van der Waals surface area (Å²) in [6.07, 6.45) is 6.76. The molecule has 0 unspecified atom stereocenters. The highest BCUT2D eigenvalue weighted by molar-refractivity contribution is 5.83. The van der Waals surface area contributed by atoms with Gasteiger partial charge in [0, 0.05) is 42.3 Å². The number of ether oxygens (including phenoxy) is 1. The largest absolute Gasteiger partial charge is 0.488 e. The molecule has 0 bridgehead atoms. The molecule has 0 amide bonds. The fourth-order valence-corrected chi connectivity index (χ4v) is 4.78. The maximum atomic E-state index is 13.6. The number of halogens is 2. The molecule has 1 aliphatic heterocycles. The van der Waals surface area contributed by atoms with E-state index in [-0.39, 0.29) is 17.7 Å². The van der Waals surface area contributed by atoms with Crippen LogP contribution in [0, 0.1) is 11.6 Å². The number of rotatable bonds is 4. The molecule has 5 rings (SSSR count). The highest BCUT2D eigenvalue weighted by Crippen LogP contribution is 2.39. The molecule has 2 aromatic carbocycles. The van der Waals surface area contributed by atoms with Gasteiger partial charge in [0.1, 0.15) is 23.5 Å². The average molecular weight is 382 g/mol. The second kappa shape index (κ2) is 7.21. The van der Waals surface area contributed by atoms with E-state index in [9.17, 15) is 8.78 Å². The normalized spacial score (nSPS) is 23.6. The molecule has 5 heteroatoms. The van der Waals surface area contributed by atoms with Gasteiger partial charge < -0.3 is 9.72 Å². The van der Waals surface area contributed by atoms with Crippen LogP contribution >= 0.6 is 0 Å². The van der Waals surface area contributed by atoms with Crippen molar-refractivity contribution in [3.63, 3.8) is 0 Å². The molecular weight excluding hydrogens is 358 g/mol. The third-order valence-electron chi connectivity index (χ3n) is 6.30. The third kappa shape index (κ3) is 3.39. The van der Waals surface area contributed by atoms with Gasteiger partial charge in [-0.1, -0.05) is 6.07 Å².